The lowest BCUT2D eigenvalue weighted by Crippen LogP contribution is -2.15. The van der Waals surface area contributed by atoms with Crippen molar-refractivity contribution in [2.75, 3.05) is 0 Å². The van der Waals surface area contributed by atoms with Gasteiger partial charge in [-0.2, -0.15) is 0 Å². The van der Waals surface area contributed by atoms with Crippen molar-refractivity contribution in [3.8, 4) is 0 Å². The smallest absolute Gasteiger partial charge is 0.306 e. The van der Waals surface area contributed by atoms with Crippen LogP contribution in [0.15, 0.2) is 24.3 Å². The molecule has 0 rings (SSSR count). The van der Waals surface area contributed by atoms with Crippen molar-refractivity contribution in [3.63, 3.8) is 0 Å². The average Bonchev–Trinajstić information content (AvgIpc) is 2.67. The molecule has 0 spiro atoms. The summed E-state index contributed by atoms with van der Waals surface area (Å²) < 4.78 is 5.31. The molecule has 0 aliphatic heterocycles. The standard InChI is InChI=1S/C25H44O4/c1-3-4-5-6-7-8-9-10-11-12-13-14-15-16-17-18-22-25(28)29-23(2)20-19-21-24(26)27/h8-9,11-12,23H,3-7,10,13-22H2,1-2H3,(H,26,27)/b9-8-,12-11-. The zero-order valence-electron chi connectivity index (χ0n) is 18.9. The van der Waals surface area contributed by atoms with Gasteiger partial charge in [0.1, 0.15) is 0 Å². The van der Waals surface area contributed by atoms with Gasteiger partial charge >= 0.3 is 11.9 Å². The molecule has 29 heavy (non-hydrogen) atoms. The van der Waals surface area contributed by atoms with E-state index in [1.165, 1.54) is 44.9 Å². The summed E-state index contributed by atoms with van der Waals surface area (Å²) >= 11 is 0. The van der Waals surface area contributed by atoms with E-state index in [9.17, 15) is 9.59 Å². The molecule has 1 N–H and O–H groups in total. The largest absolute Gasteiger partial charge is 0.481 e. The van der Waals surface area contributed by atoms with Crippen LogP contribution >= 0.6 is 0 Å². The summed E-state index contributed by atoms with van der Waals surface area (Å²) in [7, 11) is 0. The number of esters is 1. The molecule has 0 bridgehead atoms. The molecule has 0 saturated heterocycles. The maximum Gasteiger partial charge on any atom is 0.306 e. The Morgan fingerprint density at radius 1 is 0.793 bits per heavy atom. The molecule has 0 aliphatic carbocycles. The van der Waals surface area contributed by atoms with Gasteiger partial charge in [-0.3, -0.25) is 9.59 Å². The Balaban J connectivity index is 3.40. The number of carboxylic acid groups (broad SMARTS) is 1. The number of aliphatic carboxylic acids is 1. The van der Waals surface area contributed by atoms with E-state index < -0.39 is 5.97 Å². The first-order chi connectivity index (χ1) is 14.1. The van der Waals surface area contributed by atoms with Crippen LogP contribution in [-0.4, -0.2) is 23.1 Å². The average molecular weight is 409 g/mol. The fourth-order valence-electron chi connectivity index (χ4n) is 3.14. The Labute approximate surface area is 178 Å². The molecule has 0 radical (unpaired) electrons. The maximum atomic E-state index is 11.7. The lowest BCUT2D eigenvalue weighted by molar-refractivity contribution is -0.148. The van der Waals surface area contributed by atoms with Crippen molar-refractivity contribution < 1.29 is 19.4 Å². The van der Waals surface area contributed by atoms with E-state index in [1.807, 2.05) is 6.92 Å². The second-order valence-corrected chi connectivity index (χ2v) is 7.92. The number of carbonyl (C=O) groups is 2. The highest BCUT2D eigenvalue weighted by Crippen LogP contribution is 2.11. The lowest BCUT2D eigenvalue weighted by atomic mass is 10.1. The molecule has 1 unspecified atom stereocenters. The van der Waals surface area contributed by atoms with Crippen LogP contribution in [0, 0.1) is 0 Å². The van der Waals surface area contributed by atoms with E-state index >= 15 is 0 Å². The molecule has 1 atom stereocenters. The predicted octanol–water partition coefficient (Wildman–Crippen LogP) is 7.38. The topological polar surface area (TPSA) is 63.6 Å². The van der Waals surface area contributed by atoms with Crippen LogP contribution in [0.25, 0.3) is 0 Å². The molecule has 0 aromatic rings. The molecule has 4 heteroatoms. The van der Waals surface area contributed by atoms with Gasteiger partial charge in [0.25, 0.3) is 0 Å². The van der Waals surface area contributed by atoms with E-state index in [1.54, 1.807) is 0 Å². The van der Waals surface area contributed by atoms with Crippen LogP contribution in [-0.2, 0) is 14.3 Å². The first-order valence-electron chi connectivity index (χ1n) is 11.8. The molecule has 168 valence electrons. The highest BCUT2D eigenvalue weighted by Gasteiger charge is 2.09. The first kappa shape index (κ1) is 27.4. The van der Waals surface area contributed by atoms with E-state index in [4.69, 9.17) is 9.84 Å². The Morgan fingerprint density at radius 2 is 1.38 bits per heavy atom. The van der Waals surface area contributed by atoms with E-state index in [2.05, 4.69) is 31.2 Å². The van der Waals surface area contributed by atoms with Gasteiger partial charge in [0.2, 0.25) is 0 Å². The van der Waals surface area contributed by atoms with Crippen LogP contribution in [0.1, 0.15) is 117 Å². The van der Waals surface area contributed by atoms with Crippen molar-refractivity contribution in [1.82, 2.24) is 0 Å². The Kier molecular flexibility index (Phi) is 20.0. The highest BCUT2D eigenvalue weighted by atomic mass is 16.5. The van der Waals surface area contributed by atoms with E-state index in [0.717, 1.165) is 32.1 Å². The van der Waals surface area contributed by atoms with Gasteiger partial charge in [-0.25, -0.2) is 0 Å². The highest BCUT2D eigenvalue weighted by molar-refractivity contribution is 5.69. The Bertz CT molecular complexity index is 454. The molecular formula is C25H44O4. The fraction of sp³-hybridized carbons (Fsp3) is 0.760. The summed E-state index contributed by atoms with van der Waals surface area (Å²) in [5, 5.41) is 8.60. The van der Waals surface area contributed by atoms with Gasteiger partial charge in [-0.05, 0) is 58.3 Å². The Hall–Kier alpha value is -1.58. The zero-order valence-corrected chi connectivity index (χ0v) is 18.9. The van der Waals surface area contributed by atoms with Crippen LogP contribution in [0.2, 0.25) is 0 Å². The molecule has 0 aromatic carbocycles. The number of ether oxygens (including phenoxy) is 1. The van der Waals surface area contributed by atoms with Crippen LogP contribution < -0.4 is 0 Å². The first-order valence-corrected chi connectivity index (χ1v) is 11.8. The third-order valence-electron chi connectivity index (χ3n) is 4.92. The van der Waals surface area contributed by atoms with Gasteiger partial charge in [0.15, 0.2) is 0 Å². The Morgan fingerprint density at radius 3 is 2.00 bits per heavy atom. The summed E-state index contributed by atoms with van der Waals surface area (Å²) in [5.41, 5.74) is 0. The summed E-state index contributed by atoms with van der Waals surface area (Å²) in [4.78, 5) is 22.2. The molecule has 4 nitrogen and oxygen atoms in total. The molecule has 0 aliphatic rings. The quantitative estimate of drug-likeness (QED) is 0.130. The monoisotopic (exact) mass is 408 g/mol. The lowest BCUT2D eigenvalue weighted by Gasteiger charge is -2.12. The third kappa shape index (κ3) is 22.6. The molecular weight excluding hydrogens is 364 g/mol. The number of rotatable bonds is 20. The number of allylic oxidation sites excluding steroid dienone is 4. The second-order valence-electron chi connectivity index (χ2n) is 7.92. The van der Waals surface area contributed by atoms with Gasteiger partial charge < -0.3 is 9.84 Å². The number of hydrogen-bond acceptors (Lipinski definition) is 3. The summed E-state index contributed by atoms with van der Waals surface area (Å²) in [6, 6.07) is 0. The SMILES string of the molecule is CCCCCC/C=C\C/C=C\CCCCCCCC(=O)OC(C)CCCC(=O)O. The molecule has 0 heterocycles. The number of carbonyl (C=O) groups excluding carboxylic acids is 1. The molecule has 0 amide bonds. The number of hydrogen-bond donors (Lipinski definition) is 1. The van der Waals surface area contributed by atoms with Crippen molar-refractivity contribution in [1.29, 1.82) is 0 Å². The van der Waals surface area contributed by atoms with Gasteiger partial charge in [-0.15, -0.1) is 0 Å². The maximum absolute atomic E-state index is 11.7. The van der Waals surface area contributed by atoms with Crippen molar-refractivity contribution in [2.24, 2.45) is 0 Å². The summed E-state index contributed by atoms with van der Waals surface area (Å²) in [5.74, 6) is -0.960. The van der Waals surface area contributed by atoms with Gasteiger partial charge in [0.05, 0.1) is 6.10 Å². The van der Waals surface area contributed by atoms with E-state index in [0.29, 0.717) is 19.3 Å². The third-order valence-corrected chi connectivity index (χ3v) is 4.92. The molecule has 0 aromatic heterocycles. The van der Waals surface area contributed by atoms with Crippen molar-refractivity contribution in [2.45, 2.75) is 123 Å². The normalized spacial score (nSPS) is 12.6. The fourth-order valence-corrected chi connectivity index (χ4v) is 3.14. The number of carboxylic acids is 1. The minimum atomic E-state index is -0.802. The van der Waals surface area contributed by atoms with Gasteiger partial charge in [-0.1, -0.05) is 69.8 Å². The molecule has 0 saturated carbocycles. The second kappa shape index (κ2) is 21.1. The predicted molar refractivity (Wildman–Crippen MR) is 121 cm³/mol. The summed E-state index contributed by atoms with van der Waals surface area (Å²) in [6.07, 6.45) is 24.9. The summed E-state index contributed by atoms with van der Waals surface area (Å²) in [6.45, 7) is 4.07. The van der Waals surface area contributed by atoms with Crippen LogP contribution in [0.5, 0.6) is 0 Å². The van der Waals surface area contributed by atoms with Crippen molar-refractivity contribution in [3.05, 3.63) is 24.3 Å². The molecule has 0 fully saturated rings. The zero-order chi connectivity index (χ0) is 21.6. The minimum Gasteiger partial charge on any atom is -0.481 e. The van der Waals surface area contributed by atoms with Crippen LogP contribution in [0.3, 0.4) is 0 Å². The van der Waals surface area contributed by atoms with Crippen LogP contribution in [0.4, 0.5) is 0 Å². The number of unbranched alkanes of at least 4 members (excludes halogenated alkanes) is 9. The minimum absolute atomic E-state index is 0.132. The van der Waals surface area contributed by atoms with Crippen molar-refractivity contribution >= 4 is 11.9 Å². The van der Waals surface area contributed by atoms with Gasteiger partial charge in [0, 0.05) is 12.8 Å². The van der Waals surface area contributed by atoms with E-state index in [-0.39, 0.29) is 18.5 Å².